The van der Waals surface area contributed by atoms with Gasteiger partial charge in [0.05, 0.1) is 22.4 Å². The molecule has 0 radical (unpaired) electrons. The fourth-order valence-electron chi connectivity index (χ4n) is 13.1. The Morgan fingerprint density at radius 1 is 0.417 bits per heavy atom. The minimum atomic E-state index is 0.0842. The number of fused-ring (bicyclic) bond motifs is 6. The van der Waals surface area contributed by atoms with E-state index < -0.39 is 0 Å². The highest BCUT2D eigenvalue weighted by Crippen LogP contribution is 2.70. The molecule has 8 aromatic carbocycles. The van der Waals surface area contributed by atoms with Crippen LogP contribution in [-0.2, 0) is 5.41 Å². The van der Waals surface area contributed by atoms with Crippen molar-refractivity contribution < 1.29 is 0 Å². The number of benzene rings is 8. The lowest BCUT2D eigenvalue weighted by atomic mass is 9.43. The maximum absolute atomic E-state index is 2.59. The molecular weight excluding hydrogens is 725 g/mol. The molecule has 2 nitrogen and oxygen atoms in total. The van der Waals surface area contributed by atoms with Gasteiger partial charge in [0.2, 0.25) is 0 Å². The van der Waals surface area contributed by atoms with Crippen molar-refractivity contribution in [3.8, 4) is 39.1 Å². The number of rotatable bonds is 6. The standard InChI is InChI=1S/C58H46N2/c1-3-14-40(15-4-1)42-26-31-55(50(37-42)41-16-5-2-6-17-41)60(46-29-27-45(28-30-46)59-53-23-11-8-18-47(53)48-19-9-12-24-54(48)59)56-25-13-22-52-57(56)49-20-7-10-21-51(49)58(52)43-33-38-32-39(35-43)36-44(58)34-38/h1-31,37-39,43-44H,32-36H2. The van der Waals surface area contributed by atoms with Gasteiger partial charge in [-0.25, -0.2) is 0 Å². The average molecular weight is 771 g/mol. The van der Waals surface area contributed by atoms with Crippen LogP contribution in [0.3, 0.4) is 0 Å². The lowest BCUT2D eigenvalue weighted by Gasteiger charge is -2.61. The zero-order chi connectivity index (χ0) is 39.4. The van der Waals surface area contributed by atoms with Crippen LogP contribution >= 0.6 is 0 Å². The average Bonchev–Trinajstić information content (AvgIpc) is 3.80. The van der Waals surface area contributed by atoms with Crippen LogP contribution < -0.4 is 4.90 Å². The minimum absolute atomic E-state index is 0.0842. The lowest BCUT2D eigenvalue weighted by Crippen LogP contribution is -2.55. The Morgan fingerprint density at radius 3 is 1.68 bits per heavy atom. The van der Waals surface area contributed by atoms with Gasteiger partial charge in [-0.3, -0.25) is 0 Å². The van der Waals surface area contributed by atoms with Gasteiger partial charge in [-0.15, -0.1) is 0 Å². The summed E-state index contributed by atoms with van der Waals surface area (Å²) in [4.78, 5) is 2.59. The van der Waals surface area contributed by atoms with Crippen LogP contribution in [0.25, 0.3) is 60.9 Å². The van der Waals surface area contributed by atoms with Gasteiger partial charge in [-0.05, 0) is 144 Å². The molecule has 0 amide bonds. The highest BCUT2D eigenvalue weighted by molar-refractivity contribution is 6.09. The molecule has 5 aliphatic rings. The molecule has 1 aromatic heterocycles. The van der Waals surface area contributed by atoms with Crippen molar-refractivity contribution in [2.75, 3.05) is 4.90 Å². The van der Waals surface area contributed by atoms with Gasteiger partial charge in [-0.1, -0.05) is 140 Å². The second-order valence-electron chi connectivity index (χ2n) is 18.1. The summed E-state index contributed by atoms with van der Waals surface area (Å²) in [5, 5.41) is 2.56. The molecule has 4 bridgehead atoms. The monoisotopic (exact) mass is 770 g/mol. The summed E-state index contributed by atoms with van der Waals surface area (Å²) in [6.45, 7) is 0. The fourth-order valence-corrected chi connectivity index (χ4v) is 13.1. The number of nitrogens with zero attached hydrogens (tertiary/aromatic N) is 2. The van der Waals surface area contributed by atoms with E-state index in [1.807, 2.05) is 0 Å². The summed E-state index contributed by atoms with van der Waals surface area (Å²) in [7, 11) is 0. The van der Waals surface area contributed by atoms with E-state index in [9.17, 15) is 0 Å². The largest absolute Gasteiger partial charge is 0.309 e. The molecule has 0 saturated heterocycles. The van der Waals surface area contributed by atoms with E-state index in [1.165, 1.54) is 98.7 Å². The smallest absolute Gasteiger partial charge is 0.0543 e. The van der Waals surface area contributed by atoms with Crippen molar-refractivity contribution in [3.63, 3.8) is 0 Å². The van der Waals surface area contributed by atoms with Crippen LogP contribution in [-0.4, -0.2) is 4.57 Å². The van der Waals surface area contributed by atoms with Gasteiger partial charge in [-0.2, -0.15) is 0 Å². The molecule has 0 N–H and O–H groups in total. The van der Waals surface area contributed by atoms with Crippen LogP contribution in [0.5, 0.6) is 0 Å². The van der Waals surface area contributed by atoms with E-state index in [4.69, 9.17) is 0 Å². The van der Waals surface area contributed by atoms with Crippen molar-refractivity contribution in [1.82, 2.24) is 4.57 Å². The Bertz CT molecular complexity index is 3020. The first-order valence-corrected chi connectivity index (χ1v) is 22.1. The second kappa shape index (κ2) is 13.2. The molecule has 14 rings (SSSR count). The molecule has 0 aliphatic heterocycles. The van der Waals surface area contributed by atoms with E-state index in [-0.39, 0.29) is 5.41 Å². The summed E-state index contributed by atoms with van der Waals surface area (Å²) >= 11 is 0. The molecule has 4 fully saturated rings. The molecule has 9 aromatic rings. The molecule has 1 heterocycles. The van der Waals surface area contributed by atoms with Gasteiger partial charge in [0.25, 0.3) is 0 Å². The van der Waals surface area contributed by atoms with Crippen LogP contribution in [0.4, 0.5) is 17.1 Å². The highest BCUT2D eigenvalue weighted by atomic mass is 15.1. The summed E-state index contributed by atoms with van der Waals surface area (Å²) in [5.74, 6) is 3.21. The molecule has 5 aliphatic carbocycles. The Kier molecular flexibility index (Phi) is 7.52. The number of hydrogen-bond donors (Lipinski definition) is 0. The highest BCUT2D eigenvalue weighted by Gasteiger charge is 2.61. The van der Waals surface area contributed by atoms with Crippen LogP contribution in [0.2, 0.25) is 0 Å². The quantitative estimate of drug-likeness (QED) is 0.163. The van der Waals surface area contributed by atoms with Crippen LogP contribution in [0.15, 0.2) is 194 Å². The lowest BCUT2D eigenvalue weighted by molar-refractivity contribution is -0.0399. The third kappa shape index (κ3) is 4.88. The molecule has 288 valence electrons. The van der Waals surface area contributed by atoms with E-state index in [1.54, 1.807) is 11.1 Å². The van der Waals surface area contributed by atoms with Gasteiger partial charge < -0.3 is 9.47 Å². The molecule has 4 saturated carbocycles. The van der Waals surface area contributed by atoms with Crippen molar-refractivity contribution in [2.24, 2.45) is 23.7 Å². The Labute approximate surface area is 352 Å². The van der Waals surface area contributed by atoms with Crippen molar-refractivity contribution in [1.29, 1.82) is 0 Å². The molecule has 0 atom stereocenters. The SMILES string of the molecule is c1ccc(-c2ccc(N(c3ccc(-n4c5ccccc5c5ccccc54)cc3)c3cccc4c3-c3ccccc3C43C4CC5CC(C4)CC3C5)c(-c3ccccc3)c2)cc1. The first-order chi connectivity index (χ1) is 29.7. The minimum Gasteiger partial charge on any atom is -0.309 e. The predicted octanol–water partition coefficient (Wildman–Crippen LogP) is 15.3. The van der Waals surface area contributed by atoms with Crippen LogP contribution in [0, 0.1) is 23.7 Å². The Hall–Kier alpha value is -6.64. The Balaban J connectivity index is 1.06. The van der Waals surface area contributed by atoms with E-state index >= 15 is 0 Å². The predicted molar refractivity (Wildman–Crippen MR) is 250 cm³/mol. The molecule has 2 heteroatoms. The zero-order valence-corrected chi connectivity index (χ0v) is 33.7. The second-order valence-corrected chi connectivity index (χ2v) is 18.1. The van der Waals surface area contributed by atoms with E-state index in [0.717, 1.165) is 23.2 Å². The first-order valence-electron chi connectivity index (χ1n) is 22.1. The van der Waals surface area contributed by atoms with E-state index in [0.29, 0.717) is 11.8 Å². The van der Waals surface area contributed by atoms with Gasteiger partial charge in [0.15, 0.2) is 0 Å². The van der Waals surface area contributed by atoms with Crippen molar-refractivity contribution in [3.05, 3.63) is 205 Å². The van der Waals surface area contributed by atoms with Gasteiger partial charge in [0.1, 0.15) is 0 Å². The number of aromatic nitrogens is 1. The van der Waals surface area contributed by atoms with Crippen molar-refractivity contribution >= 4 is 38.9 Å². The van der Waals surface area contributed by atoms with Gasteiger partial charge in [0, 0.05) is 38.7 Å². The molecular formula is C58H46N2. The molecule has 0 unspecified atom stereocenters. The zero-order valence-electron chi connectivity index (χ0n) is 33.7. The van der Waals surface area contributed by atoms with E-state index in [2.05, 4.69) is 204 Å². The number of hydrogen-bond acceptors (Lipinski definition) is 1. The number of anilines is 3. The summed E-state index contributed by atoms with van der Waals surface area (Å²) < 4.78 is 2.43. The number of para-hydroxylation sites is 2. The van der Waals surface area contributed by atoms with Crippen molar-refractivity contribution in [2.45, 2.75) is 37.5 Å². The van der Waals surface area contributed by atoms with Gasteiger partial charge >= 0.3 is 0 Å². The topological polar surface area (TPSA) is 8.17 Å². The maximum Gasteiger partial charge on any atom is 0.0543 e. The fraction of sp³-hybridized carbons (Fsp3) is 0.172. The maximum atomic E-state index is 2.59. The van der Waals surface area contributed by atoms with Crippen LogP contribution in [0.1, 0.15) is 43.2 Å². The normalized spacial score (nSPS) is 22.1. The third-order valence-electron chi connectivity index (χ3n) is 15.2. The first kappa shape index (κ1) is 34.2. The Morgan fingerprint density at radius 2 is 1.00 bits per heavy atom. The summed E-state index contributed by atoms with van der Waals surface area (Å²) in [6, 6.07) is 72.8. The summed E-state index contributed by atoms with van der Waals surface area (Å²) in [6.07, 6.45) is 6.95. The molecule has 1 spiro atoms. The third-order valence-corrected chi connectivity index (χ3v) is 15.2. The molecule has 60 heavy (non-hydrogen) atoms. The summed E-state index contributed by atoms with van der Waals surface area (Å²) in [5.41, 5.74) is 18.2.